The zero-order valence-electron chi connectivity index (χ0n) is 10.5. The highest BCUT2D eigenvalue weighted by Crippen LogP contribution is 2.12. The third-order valence-electron chi connectivity index (χ3n) is 2.40. The number of aromatic nitrogens is 5. The summed E-state index contributed by atoms with van der Waals surface area (Å²) in [4.78, 5) is 12.9. The lowest BCUT2D eigenvalue weighted by atomic mass is 10.3. The molecule has 0 aliphatic heterocycles. The molecule has 0 saturated heterocycles. The Morgan fingerprint density at radius 1 is 1.18 bits per heavy atom. The smallest absolute Gasteiger partial charge is 0.163 e. The van der Waals surface area contributed by atoms with E-state index in [0.717, 1.165) is 28.9 Å². The molecule has 17 heavy (non-hydrogen) atoms. The standard InChI is InChI=1S/C11H16N6/c1-7-13-6-10(5-12-4)11(15-7)17-9(3)14-8(2)16-17/h6,12H,5H2,1-4H3. The molecule has 0 atom stereocenters. The van der Waals surface area contributed by atoms with Crippen LogP contribution >= 0.6 is 0 Å². The van der Waals surface area contributed by atoms with E-state index in [1.54, 1.807) is 4.68 Å². The van der Waals surface area contributed by atoms with Crippen molar-refractivity contribution >= 4 is 0 Å². The minimum absolute atomic E-state index is 0.702. The first-order valence-electron chi connectivity index (χ1n) is 5.49. The van der Waals surface area contributed by atoms with Crippen LogP contribution < -0.4 is 5.32 Å². The molecule has 2 aromatic heterocycles. The van der Waals surface area contributed by atoms with Crippen LogP contribution in [0.15, 0.2) is 6.20 Å². The monoisotopic (exact) mass is 232 g/mol. The van der Waals surface area contributed by atoms with Gasteiger partial charge in [-0.3, -0.25) is 0 Å². The summed E-state index contributed by atoms with van der Waals surface area (Å²) in [5.41, 5.74) is 1.01. The van der Waals surface area contributed by atoms with Crippen LogP contribution in [0.25, 0.3) is 5.82 Å². The van der Waals surface area contributed by atoms with E-state index >= 15 is 0 Å². The van der Waals surface area contributed by atoms with Crippen LogP contribution in [0.2, 0.25) is 0 Å². The van der Waals surface area contributed by atoms with Crippen molar-refractivity contribution < 1.29 is 0 Å². The molecule has 6 nitrogen and oxygen atoms in total. The largest absolute Gasteiger partial charge is 0.315 e. The van der Waals surface area contributed by atoms with Gasteiger partial charge in [0.05, 0.1) is 0 Å². The molecule has 0 radical (unpaired) electrons. The average molecular weight is 232 g/mol. The molecular formula is C11H16N6. The first-order valence-corrected chi connectivity index (χ1v) is 5.49. The summed E-state index contributed by atoms with van der Waals surface area (Å²) >= 11 is 0. The van der Waals surface area contributed by atoms with Crippen LogP contribution in [-0.4, -0.2) is 31.8 Å². The molecule has 0 amide bonds. The van der Waals surface area contributed by atoms with E-state index in [2.05, 4.69) is 25.4 Å². The molecule has 2 rings (SSSR count). The molecule has 2 heterocycles. The van der Waals surface area contributed by atoms with Gasteiger partial charge in [0.1, 0.15) is 17.5 Å². The Kier molecular flexibility index (Phi) is 3.14. The van der Waals surface area contributed by atoms with Gasteiger partial charge in [-0.1, -0.05) is 0 Å². The Morgan fingerprint density at radius 3 is 2.53 bits per heavy atom. The maximum Gasteiger partial charge on any atom is 0.163 e. The lowest BCUT2D eigenvalue weighted by Gasteiger charge is -2.09. The lowest BCUT2D eigenvalue weighted by molar-refractivity contribution is 0.739. The van der Waals surface area contributed by atoms with E-state index < -0.39 is 0 Å². The second-order valence-electron chi connectivity index (χ2n) is 3.91. The maximum absolute atomic E-state index is 4.45. The predicted octanol–water partition coefficient (Wildman–Crippen LogP) is 0.702. The summed E-state index contributed by atoms with van der Waals surface area (Å²) in [5.74, 6) is 3.10. The van der Waals surface area contributed by atoms with Crippen LogP contribution in [-0.2, 0) is 6.54 Å². The van der Waals surface area contributed by atoms with Crippen LogP contribution in [0, 0.1) is 20.8 Å². The SMILES string of the molecule is CNCc1cnc(C)nc1-n1nc(C)nc1C. The van der Waals surface area contributed by atoms with Gasteiger partial charge < -0.3 is 5.32 Å². The van der Waals surface area contributed by atoms with Gasteiger partial charge in [-0.2, -0.15) is 4.68 Å². The first-order chi connectivity index (χ1) is 8.11. The molecule has 0 aromatic carbocycles. The number of hydrogen-bond donors (Lipinski definition) is 1. The summed E-state index contributed by atoms with van der Waals surface area (Å²) in [6.45, 7) is 6.36. The molecule has 1 N–H and O–H groups in total. The molecule has 0 spiro atoms. The van der Waals surface area contributed by atoms with Crippen molar-refractivity contribution in [3.63, 3.8) is 0 Å². The van der Waals surface area contributed by atoms with Crippen LogP contribution in [0.1, 0.15) is 23.0 Å². The molecule has 0 aliphatic carbocycles. The van der Waals surface area contributed by atoms with Crippen molar-refractivity contribution in [2.24, 2.45) is 0 Å². The fraction of sp³-hybridized carbons (Fsp3) is 0.455. The normalized spacial score (nSPS) is 10.8. The van der Waals surface area contributed by atoms with Gasteiger partial charge in [-0.05, 0) is 27.8 Å². The van der Waals surface area contributed by atoms with E-state index in [4.69, 9.17) is 0 Å². The molecular weight excluding hydrogens is 216 g/mol. The van der Waals surface area contributed by atoms with Crippen molar-refractivity contribution in [3.8, 4) is 5.82 Å². The number of aryl methyl sites for hydroxylation is 3. The molecule has 2 aromatic rings. The van der Waals surface area contributed by atoms with E-state index in [0.29, 0.717) is 6.54 Å². The second kappa shape index (κ2) is 4.58. The molecule has 0 aliphatic rings. The molecule has 0 saturated carbocycles. The van der Waals surface area contributed by atoms with Crippen molar-refractivity contribution in [1.82, 2.24) is 30.0 Å². The third kappa shape index (κ3) is 2.31. The van der Waals surface area contributed by atoms with Gasteiger partial charge in [0.2, 0.25) is 0 Å². The number of nitrogens with zero attached hydrogens (tertiary/aromatic N) is 5. The van der Waals surface area contributed by atoms with Crippen LogP contribution in [0.5, 0.6) is 0 Å². The lowest BCUT2D eigenvalue weighted by Crippen LogP contribution is -2.13. The quantitative estimate of drug-likeness (QED) is 0.843. The Balaban J connectivity index is 2.56. The third-order valence-corrected chi connectivity index (χ3v) is 2.40. The van der Waals surface area contributed by atoms with Crippen molar-refractivity contribution in [3.05, 3.63) is 29.2 Å². The summed E-state index contributed by atoms with van der Waals surface area (Å²) in [6.07, 6.45) is 1.82. The van der Waals surface area contributed by atoms with Crippen molar-refractivity contribution in [2.45, 2.75) is 27.3 Å². The highest BCUT2D eigenvalue weighted by atomic mass is 15.4. The van der Waals surface area contributed by atoms with Crippen molar-refractivity contribution in [2.75, 3.05) is 7.05 Å². The Bertz CT molecular complexity index is 531. The second-order valence-corrected chi connectivity index (χ2v) is 3.91. The molecule has 0 bridgehead atoms. The molecule has 6 heteroatoms. The van der Waals surface area contributed by atoms with E-state index in [9.17, 15) is 0 Å². The zero-order chi connectivity index (χ0) is 12.4. The first kappa shape index (κ1) is 11.7. The average Bonchev–Trinajstić information content (AvgIpc) is 2.61. The van der Waals surface area contributed by atoms with E-state index in [-0.39, 0.29) is 0 Å². The molecule has 90 valence electrons. The van der Waals surface area contributed by atoms with Crippen LogP contribution in [0.3, 0.4) is 0 Å². The Hall–Kier alpha value is -1.82. The van der Waals surface area contributed by atoms with Gasteiger partial charge in [-0.25, -0.2) is 15.0 Å². The zero-order valence-corrected chi connectivity index (χ0v) is 10.5. The van der Waals surface area contributed by atoms with Gasteiger partial charge in [0.15, 0.2) is 5.82 Å². The Morgan fingerprint density at radius 2 is 1.94 bits per heavy atom. The maximum atomic E-state index is 4.45. The van der Waals surface area contributed by atoms with E-state index in [1.165, 1.54) is 0 Å². The minimum atomic E-state index is 0.702. The van der Waals surface area contributed by atoms with Crippen molar-refractivity contribution in [1.29, 1.82) is 0 Å². The summed E-state index contributed by atoms with van der Waals surface area (Å²) in [7, 11) is 1.89. The fourth-order valence-electron chi connectivity index (χ4n) is 1.70. The predicted molar refractivity (Wildman–Crippen MR) is 63.9 cm³/mol. The highest BCUT2D eigenvalue weighted by molar-refractivity contribution is 5.32. The minimum Gasteiger partial charge on any atom is -0.315 e. The number of nitrogens with one attached hydrogen (secondary N) is 1. The van der Waals surface area contributed by atoms with Gasteiger partial charge in [-0.15, -0.1) is 5.10 Å². The topological polar surface area (TPSA) is 68.5 Å². The number of rotatable bonds is 3. The molecule has 0 unspecified atom stereocenters. The highest BCUT2D eigenvalue weighted by Gasteiger charge is 2.12. The number of hydrogen-bond acceptors (Lipinski definition) is 5. The van der Waals surface area contributed by atoms with Gasteiger partial charge in [0, 0.05) is 18.3 Å². The van der Waals surface area contributed by atoms with Gasteiger partial charge in [0.25, 0.3) is 0 Å². The van der Waals surface area contributed by atoms with Gasteiger partial charge >= 0.3 is 0 Å². The summed E-state index contributed by atoms with van der Waals surface area (Å²) < 4.78 is 1.76. The molecule has 0 fully saturated rings. The summed E-state index contributed by atoms with van der Waals surface area (Å²) in [6, 6.07) is 0. The van der Waals surface area contributed by atoms with Crippen LogP contribution in [0.4, 0.5) is 0 Å². The fourth-order valence-corrected chi connectivity index (χ4v) is 1.70. The van der Waals surface area contributed by atoms with E-state index in [1.807, 2.05) is 34.0 Å². The summed E-state index contributed by atoms with van der Waals surface area (Å²) in [5, 5.41) is 7.45. The Labute approximate surface area is 100 Å².